The lowest BCUT2D eigenvalue weighted by atomic mass is 9.82. The van der Waals surface area contributed by atoms with Gasteiger partial charge >= 0.3 is 5.97 Å². The molecule has 1 aromatic carbocycles. The first-order chi connectivity index (χ1) is 17.8. The zero-order valence-electron chi connectivity index (χ0n) is 21.0. The van der Waals surface area contributed by atoms with Gasteiger partial charge < -0.3 is 14.6 Å². The number of hydrogen-bond donors (Lipinski definition) is 1. The van der Waals surface area contributed by atoms with Gasteiger partial charge in [-0.25, -0.2) is 13.8 Å². The minimum absolute atomic E-state index is 0.155. The molecule has 37 heavy (non-hydrogen) atoms. The zero-order valence-corrected chi connectivity index (χ0v) is 21.0. The van der Waals surface area contributed by atoms with Crippen LogP contribution in [0.4, 0.5) is 8.78 Å². The van der Waals surface area contributed by atoms with Crippen molar-refractivity contribution in [1.82, 2.24) is 15.0 Å². The molecule has 1 aliphatic heterocycles. The van der Waals surface area contributed by atoms with Crippen molar-refractivity contribution in [3.63, 3.8) is 0 Å². The summed E-state index contributed by atoms with van der Waals surface area (Å²) in [6, 6.07) is 5.06. The molecule has 0 bridgehead atoms. The molecule has 1 saturated carbocycles. The van der Waals surface area contributed by atoms with Gasteiger partial charge in [-0.2, -0.15) is 0 Å². The number of aliphatic carboxylic acids is 1. The maximum Gasteiger partial charge on any atom is 0.306 e. The van der Waals surface area contributed by atoms with E-state index in [1.807, 2.05) is 13.0 Å². The Labute approximate surface area is 213 Å². The Morgan fingerprint density at radius 3 is 2.68 bits per heavy atom. The van der Waals surface area contributed by atoms with E-state index in [4.69, 9.17) is 9.47 Å². The SMILES string of the molecule is CCOc1cc(-c2ncc(C3CCc4ccc(C(C5CC5)C(C)C(=O)O)c(F)c4O3)nc2C)c(F)cn1. The highest BCUT2D eigenvalue weighted by atomic mass is 19.1. The van der Waals surface area contributed by atoms with Gasteiger partial charge in [0, 0.05) is 17.5 Å². The van der Waals surface area contributed by atoms with Crippen LogP contribution in [0, 0.1) is 30.4 Å². The molecule has 3 aromatic rings. The van der Waals surface area contributed by atoms with Gasteiger partial charge in [-0.3, -0.25) is 14.8 Å². The summed E-state index contributed by atoms with van der Waals surface area (Å²) in [7, 11) is 0. The highest BCUT2D eigenvalue weighted by molar-refractivity contribution is 5.71. The molecule has 3 atom stereocenters. The van der Waals surface area contributed by atoms with Gasteiger partial charge in [-0.1, -0.05) is 19.1 Å². The summed E-state index contributed by atoms with van der Waals surface area (Å²) >= 11 is 0. The van der Waals surface area contributed by atoms with Gasteiger partial charge in [0.15, 0.2) is 17.4 Å². The van der Waals surface area contributed by atoms with E-state index in [0.29, 0.717) is 48.0 Å². The van der Waals surface area contributed by atoms with Crippen molar-refractivity contribution in [1.29, 1.82) is 0 Å². The number of carboxylic acids is 1. The van der Waals surface area contributed by atoms with E-state index in [1.54, 1.807) is 19.9 Å². The summed E-state index contributed by atoms with van der Waals surface area (Å²) in [6.45, 7) is 5.58. The van der Waals surface area contributed by atoms with Crippen molar-refractivity contribution < 1.29 is 28.2 Å². The third-order valence-electron chi connectivity index (χ3n) is 7.23. The molecule has 9 heteroatoms. The molecule has 3 heterocycles. The average Bonchev–Trinajstić information content (AvgIpc) is 3.72. The molecule has 5 rings (SSSR count). The number of aromatic nitrogens is 3. The standard InChI is InChI=1S/C28H29F2N3O4/c1-4-36-23-11-19(20(29)12-31-23)26-15(3)33-21(13-32-26)22-10-8-17-7-9-18(25(30)27(17)37-22)24(16-5-6-16)14(2)28(34)35/h7,9,11-14,16,22,24H,4-6,8,10H2,1-3H3,(H,34,35). The Balaban J connectivity index is 1.43. The summed E-state index contributed by atoms with van der Waals surface area (Å²) < 4.78 is 41.8. The fourth-order valence-corrected chi connectivity index (χ4v) is 5.18. The third kappa shape index (κ3) is 4.86. The number of carboxylic acid groups (broad SMARTS) is 1. The largest absolute Gasteiger partial charge is 0.481 e. The Morgan fingerprint density at radius 2 is 2.00 bits per heavy atom. The van der Waals surface area contributed by atoms with Crippen molar-refractivity contribution in [2.24, 2.45) is 11.8 Å². The Bertz CT molecular complexity index is 1350. The van der Waals surface area contributed by atoms with Crippen LogP contribution in [-0.2, 0) is 11.2 Å². The van der Waals surface area contributed by atoms with Crippen molar-refractivity contribution in [2.75, 3.05) is 6.61 Å². The van der Waals surface area contributed by atoms with Crippen molar-refractivity contribution >= 4 is 5.97 Å². The average molecular weight is 510 g/mol. The van der Waals surface area contributed by atoms with Gasteiger partial charge in [-0.15, -0.1) is 0 Å². The van der Waals surface area contributed by atoms with Crippen LogP contribution in [0.25, 0.3) is 11.3 Å². The summed E-state index contributed by atoms with van der Waals surface area (Å²) in [6.07, 6.45) is 5.04. The molecule has 0 saturated heterocycles. The summed E-state index contributed by atoms with van der Waals surface area (Å²) in [4.78, 5) is 24.7. The molecular formula is C28H29F2N3O4. The second-order valence-electron chi connectivity index (χ2n) is 9.76. The van der Waals surface area contributed by atoms with Crippen LogP contribution in [0.5, 0.6) is 11.6 Å². The molecule has 194 valence electrons. The van der Waals surface area contributed by atoms with Gasteiger partial charge in [0.05, 0.1) is 42.0 Å². The van der Waals surface area contributed by atoms with Gasteiger partial charge in [0.1, 0.15) is 6.10 Å². The Hall–Kier alpha value is -3.62. The first kappa shape index (κ1) is 25.0. The number of pyridine rings is 1. The molecule has 1 N–H and O–H groups in total. The minimum atomic E-state index is -0.933. The maximum absolute atomic E-state index is 15.8. The second kappa shape index (κ2) is 10.0. The number of rotatable bonds is 8. The normalized spacial score (nSPS) is 18.5. The minimum Gasteiger partial charge on any atom is -0.481 e. The fourth-order valence-electron chi connectivity index (χ4n) is 5.18. The lowest BCUT2D eigenvalue weighted by Crippen LogP contribution is -2.23. The smallest absolute Gasteiger partial charge is 0.306 e. The number of hydrogen-bond acceptors (Lipinski definition) is 6. The maximum atomic E-state index is 15.8. The molecule has 1 aliphatic carbocycles. The van der Waals surface area contributed by atoms with E-state index >= 15 is 4.39 Å². The number of ether oxygens (including phenoxy) is 2. The molecule has 3 unspecified atom stereocenters. The van der Waals surface area contributed by atoms with E-state index < -0.39 is 35.5 Å². The van der Waals surface area contributed by atoms with Gasteiger partial charge in [0.25, 0.3) is 0 Å². The lowest BCUT2D eigenvalue weighted by molar-refractivity contribution is -0.142. The molecule has 2 aromatic heterocycles. The van der Waals surface area contributed by atoms with Crippen LogP contribution in [0.3, 0.4) is 0 Å². The van der Waals surface area contributed by atoms with Crippen LogP contribution < -0.4 is 9.47 Å². The van der Waals surface area contributed by atoms with E-state index in [2.05, 4.69) is 15.0 Å². The van der Waals surface area contributed by atoms with E-state index in [-0.39, 0.29) is 17.2 Å². The molecule has 0 amide bonds. The van der Waals surface area contributed by atoms with Crippen molar-refractivity contribution in [2.45, 2.75) is 58.5 Å². The van der Waals surface area contributed by atoms with Crippen molar-refractivity contribution in [3.8, 4) is 22.9 Å². The number of carbonyl (C=O) groups is 1. The van der Waals surface area contributed by atoms with E-state index in [9.17, 15) is 14.3 Å². The number of fused-ring (bicyclic) bond motifs is 1. The second-order valence-corrected chi connectivity index (χ2v) is 9.76. The van der Waals surface area contributed by atoms with Crippen LogP contribution in [0.15, 0.2) is 30.6 Å². The molecule has 0 spiro atoms. The molecule has 1 fully saturated rings. The lowest BCUT2D eigenvalue weighted by Gasteiger charge is -2.29. The van der Waals surface area contributed by atoms with E-state index in [0.717, 1.165) is 24.6 Å². The fraction of sp³-hybridized carbons (Fsp3) is 0.429. The first-order valence-corrected chi connectivity index (χ1v) is 12.6. The van der Waals surface area contributed by atoms with Crippen molar-refractivity contribution in [3.05, 3.63) is 64.7 Å². The monoisotopic (exact) mass is 509 g/mol. The summed E-state index contributed by atoms with van der Waals surface area (Å²) in [5.74, 6) is -2.44. The zero-order chi connectivity index (χ0) is 26.3. The number of aryl methyl sites for hydroxylation is 2. The van der Waals surface area contributed by atoms with Gasteiger partial charge in [0.2, 0.25) is 5.88 Å². The number of nitrogens with zero attached hydrogens (tertiary/aromatic N) is 3. The summed E-state index contributed by atoms with van der Waals surface area (Å²) in [5, 5.41) is 9.60. The molecular weight excluding hydrogens is 480 g/mol. The molecule has 0 radical (unpaired) electrons. The van der Waals surface area contributed by atoms with Crippen LogP contribution in [-0.4, -0.2) is 32.6 Å². The summed E-state index contributed by atoms with van der Waals surface area (Å²) in [5.41, 5.74) is 2.77. The van der Waals surface area contributed by atoms with Crippen LogP contribution in [0.2, 0.25) is 0 Å². The Morgan fingerprint density at radius 1 is 1.22 bits per heavy atom. The molecule has 7 nitrogen and oxygen atoms in total. The number of halogens is 2. The van der Waals surface area contributed by atoms with Crippen LogP contribution >= 0.6 is 0 Å². The molecule has 2 aliphatic rings. The highest BCUT2D eigenvalue weighted by Crippen LogP contribution is 2.49. The van der Waals surface area contributed by atoms with E-state index in [1.165, 1.54) is 12.3 Å². The topological polar surface area (TPSA) is 94.4 Å². The predicted molar refractivity (Wildman–Crippen MR) is 131 cm³/mol. The van der Waals surface area contributed by atoms with Crippen LogP contribution in [0.1, 0.15) is 67.6 Å². The third-order valence-corrected chi connectivity index (χ3v) is 7.23. The first-order valence-electron chi connectivity index (χ1n) is 12.6. The Kier molecular flexibility index (Phi) is 6.79. The van der Waals surface area contributed by atoms with Gasteiger partial charge in [-0.05, 0) is 56.6 Å². The highest BCUT2D eigenvalue weighted by Gasteiger charge is 2.41. The quantitative estimate of drug-likeness (QED) is 0.410. The predicted octanol–water partition coefficient (Wildman–Crippen LogP) is 5.80. The number of benzene rings is 1.